The standard InChI is InChI=1S/C27H42N6O3S/c1-20-19-28-26(30-21-10-12-23(13-11-21)36-17-16-33-14-5-6-15-33)31-25(20)29-22-8-7-9-24(18-22)37(34,35)32-27(2,3)4/h7-13,18,20,25-26,28-32H,5-6,14-17,19H2,1-4H3. The Hall–Kier alpha value is -2.37. The van der Waals surface area contributed by atoms with E-state index < -0.39 is 15.6 Å². The lowest BCUT2D eigenvalue weighted by molar-refractivity contribution is 0.238. The van der Waals surface area contributed by atoms with Crippen LogP contribution in [-0.4, -0.2) is 64.1 Å². The summed E-state index contributed by atoms with van der Waals surface area (Å²) in [7, 11) is -3.61. The molecular weight excluding hydrogens is 488 g/mol. The van der Waals surface area contributed by atoms with E-state index >= 15 is 0 Å². The Morgan fingerprint density at radius 3 is 2.46 bits per heavy atom. The molecule has 10 heteroatoms. The van der Waals surface area contributed by atoms with Gasteiger partial charge in [0.05, 0.1) is 11.1 Å². The molecule has 0 aliphatic carbocycles. The van der Waals surface area contributed by atoms with Gasteiger partial charge in [0.2, 0.25) is 10.0 Å². The molecule has 2 aromatic rings. The van der Waals surface area contributed by atoms with Crippen molar-refractivity contribution in [3.8, 4) is 5.75 Å². The Balaban J connectivity index is 1.31. The molecule has 5 N–H and O–H groups in total. The monoisotopic (exact) mass is 530 g/mol. The third-order valence-electron chi connectivity index (χ3n) is 6.51. The van der Waals surface area contributed by atoms with Crippen molar-refractivity contribution in [1.82, 2.24) is 20.3 Å². The number of hydrogen-bond acceptors (Lipinski definition) is 8. The SMILES string of the molecule is CC1CNC(Nc2ccc(OCCN3CCCC3)cc2)NC1Nc1cccc(S(=O)(=O)NC(C)(C)C)c1. The second kappa shape index (κ2) is 12.0. The van der Waals surface area contributed by atoms with Gasteiger partial charge in [0.25, 0.3) is 0 Å². The van der Waals surface area contributed by atoms with Gasteiger partial charge in [-0.15, -0.1) is 0 Å². The van der Waals surface area contributed by atoms with E-state index in [1.807, 2.05) is 51.1 Å². The van der Waals surface area contributed by atoms with Gasteiger partial charge < -0.3 is 15.4 Å². The van der Waals surface area contributed by atoms with Gasteiger partial charge in [0, 0.05) is 35.9 Å². The minimum absolute atomic E-state index is 0.0551. The van der Waals surface area contributed by atoms with E-state index in [2.05, 4.69) is 37.8 Å². The quantitative estimate of drug-likeness (QED) is 0.319. The molecule has 37 heavy (non-hydrogen) atoms. The first-order valence-electron chi connectivity index (χ1n) is 13.2. The maximum absolute atomic E-state index is 12.8. The van der Waals surface area contributed by atoms with E-state index in [-0.39, 0.29) is 23.3 Å². The van der Waals surface area contributed by atoms with Gasteiger partial charge in [-0.1, -0.05) is 13.0 Å². The molecule has 9 nitrogen and oxygen atoms in total. The van der Waals surface area contributed by atoms with Crippen LogP contribution in [0.4, 0.5) is 11.4 Å². The van der Waals surface area contributed by atoms with Crippen molar-refractivity contribution in [2.24, 2.45) is 5.92 Å². The van der Waals surface area contributed by atoms with Gasteiger partial charge in [-0.25, -0.2) is 13.1 Å². The maximum Gasteiger partial charge on any atom is 0.241 e. The van der Waals surface area contributed by atoms with Crippen LogP contribution in [0.2, 0.25) is 0 Å². The van der Waals surface area contributed by atoms with Gasteiger partial charge in [0.15, 0.2) is 0 Å². The molecule has 204 valence electrons. The van der Waals surface area contributed by atoms with Crippen LogP contribution in [0.25, 0.3) is 0 Å². The zero-order valence-electron chi connectivity index (χ0n) is 22.4. The fourth-order valence-corrected chi connectivity index (χ4v) is 6.07. The van der Waals surface area contributed by atoms with Gasteiger partial charge in [0.1, 0.15) is 18.6 Å². The fraction of sp³-hybridized carbons (Fsp3) is 0.556. The molecule has 2 heterocycles. The average Bonchev–Trinajstić information content (AvgIpc) is 3.35. The molecule has 2 aliphatic rings. The lowest BCUT2D eigenvalue weighted by Gasteiger charge is -2.38. The van der Waals surface area contributed by atoms with Crippen LogP contribution in [0.3, 0.4) is 0 Å². The van der Waals surface area contributed by atoms with Crippen LogP contribution in [0, 0.1) is 5.92 Å². The smallest absolute Gasteiger partial charge is 0.241 e. The summed E-state index contributed by atoms with van der Waals surface area (Å²) in [4.78, 5) is 2.69. The Bertz CT molecular complexity index is 1110. The zero-order chi connectivity index (χ0) is 26.5. The number of nitrogens with one attached hydrogen (secondary N) is 5. The number of anilines is 2. The molecule has 0 spiro atoms. The summed E-state index contributed by atoms with van der Waals surface area (Å²) in [5, 5.41) is 14.0. The summed E-state index contributed by atoms with van der Waals surface area (Å²) in [6.45, 7) is 12.5. The zero-order valence-corrected chi connectivity index (χ0v) is 23.2. The number of nitrogens with zero attached hydrogens (tertiary/aromatic N) is 1. The van der Waals surface area contributed by atoms with Crippen molar-refractivity contribution >= 4 is 21.4 Å². The highest BCUT2D eigenvalue weighted by Crippen LogP contribution is 2.21. The van der Waals surface area contributed by atoms with Crippen LogP contribution >= 0.6 is 0 Å². The van der Waals surface area contributed by atoms with Gasteiger partial charge in [-0.3, -0.25) is 15.5 Å². The van der Waals surface area contributed by atoms with Crippen LogP contribution in [0.1, 0.15) is 40.5 Å². The Morgan fingerprint density at radius 2 is 1.76 bits per heavy atom. The summed E-state index contributed by atoms with van der Waals surface area (Å²) < 4.78 is 34.2. The minimum Gasteiger partial charge on any atom is -0.492 e. The van der Waals surface area contributed by atoms with Crippen LogP contribution < -0.4 is 30.7 Å². The van der Waals surface area contributed by atoms with Crippen molar-refractivity contribution < 1.29 is 13.2 Å². The summed E-state index contributed by atoms with van der Waals surface area (Å²) >= 11 is 0. The Labute approximate surface area is 221 Å². The number of benzene rings is 2. The highest BCUT2D eigenvalue weighted by atomic mass is 32.2. The first kappa shape index (κ1) is 27.7. The molecule has 4 rings (SSSR count). The van der Waals surface area contributed by atoms with Crippen LogP contribution in [-0.2, 0) is 10.0 Å². The van der Waals surface area contributed by atoms with Crippen molar-refractivity contribution in [3.05, 3.63) is 48.5 Å². The average molecular weight is 531 g/mol. The molecule has 0 amide bonds. The van der Waals surface area contributed by atoms with Gasteiger partial charge in [-0.05, 0) is 89.2 Å². The first-order chi connectivity index (χ1) is 17.6. The van der Waals surface area contributed by atoms with Crippen molar-refractivity contribution in [1.29, 1.82) is 0 Å². The normalized spacial score (nSPS) is 23.1. The van der Waals surface area contributed by atoms with E-state index in [9.17, 15) is 8.42 Å². The van der Waals surface area contributed by atoms with E-state index in [0.717, 1.165) is 30.2 Å². The summed E-state index contributed by atoms with van der Waals surface area (Å²) in [5.74, 6) is 1.15. The molecule has 3 atom stereocenters. The van der Waals surface area contributed by atoms with Crippen LogP contribution in [0.5, 0.6) is 5.75 Å². The summed E-state index contributed by atoms with van der Waals surface area (Å²) in [6, 6.07) is 15.0. The Kier molecular flexibility index (Phi) is 8.97. The first-order valence-corrected chi connectivity index (χ1v) is 14.7. The predicted octanol–water partition coefficient (Wildman–Crippen LogP) is 3.20. The predicted molar refractivity (Wildman–Crippen MR) is 149 cm³/mol. The number of likely N-dealkylation sites (tertiary alicyclic amines) is 1. The molecule has 2 fully saturated rings. The summed E-state index contributed by atoms with van der Waals surface area (Å²) in [6.07, 6.45) is 2.38. The lowest BCUT2D eigenvalue weighted by atomic mass is 10.1. The topological polar surface area (TPSA) is 107 Å². The van der Waals surface area contributed by atoms with E-state index in [0.29, 0.717) is 6.61 Å². The molecule has 2 aliphatic heterocycles. The third kappa shape index (κ3) is 8.31. The second-order valence-electron chi connectivity index (χ2n) is 11.1. The molecular formula is C27H42N6O3S. The molecule has 2 saturated heterocycles. The van der Waals surface area contributed by atoms with Crippen molar-refractivity contribution in [3.63, 3.8) is 0 Å². The summed E-state index contributed by atoms with van der Waals surface area (Å²) in [5.41, 5.74) is 1.17. The van der Waals surface area contributed by atoms with Gasteiger partial charge in [-0.2, -0.15) is 0 Å². The van der Waals surface area contributed by atoms with E-state index in [4.69, 9.17) is 4.74 Å². The number of rotatable bonds is 10. The number of hydrogen-bond donors (Lipinski definition) is 5. The molecule has 2 aromatic carbocycles. The molecule has 3 unspecified atom stereocenters. The third-order valence-corrected chi connectivity index (χ3v) is 8.26. The lowest BCUT2D eigenvalue weighted by Crippen LogP contribution is -2.63. The Morgan fingerprint density at radius 1 is 1.03 bits per heavy atom. The van der Waals surface area contributed by atoms with Crippen molar-refractivity contribution in [2.45, 2.75) is 63.4 Å². The fourth-order valence-electron chi connectivity index (χ4n) is 4.61. The van der Waals surface area contributed by atoms with Crippen molar-refractivity contribution in [2.75, 3.05) is 43.4 Å². The molecule has 0 radical (unpaired) electrons. The second-order valence-corrected chi connectivity index (χ2v) is 12.7. The minimum atomic E-state index is -3.61. The largest absolute Gasteiger partial charge is 0.492 e. The van der Waals surface area contributed by atoms with E-state index in [1.54, 1.807) is 18.2 Å². The number of ether oxygens (including phenoxy) is 1. The highest BCUT2D eigenvalue weighted by molar-refractivity contribution is 7.89. The number of sulfonamides is 1. The maximum atomic E-state index is 12.8. The van der Waals surface area contributed by atoms with E-state index in [1.165, 1.54) is 25.9 Å². The molecule has 0 aromatic heterocycles. The molecule has 0 bridgehead atoms. The molecule has 0 saturated carbocycles. The van der Waals surface area contributed by atoms with Gasteiger partial charge >= 0.3 is 0 Å². The van der Waals surface area contributed by atoms with Crippen LogP contribution in [0.15, 0.2) is 53.4 Å². The highest BCUT2D eigenvalue weighted by Gasteiger charge is 2.27.